The minimum absolute atomic E-state index is 0.394. The van der Waals surface area contributed by atoms with E-state index in [0.717, 1.165) is 31.6 Å². The summed E-state index contributed by atoms with van der Waals surface area (Å²) in [5, 5.41) is 11.7. The maximum absolute atomic E-state index is 12.3. The van der Waals surface area contributed by atoms with Crippen molar-refractivity contribution >= 4 is 22.6 Å². The number of carbonyl (C=O) groups excluding carboxylic acids is 1. The van der Waals surface area contributed by atoms with Crippen LogP contribution in [-0.2, 0) is 9.53 Å². The minimum Gasteiger partial charge on any atom is -0.469 e. The number of pyridine rings is 1. The van der Waals surface area contributed by atoms with E-state index in [1.807, 2.05) is 24.3 Å². The van der Waals surface area contributed by atoms with Crippen molar-refractivity contribution in [3.8, 4) is 0 Å². The summed E-state index contributed by atoms with van der Waals surface area (Å²) >= 11 is 0. The minimum atomic E-state index is -1.07. The zero-order valence-corrected chi connectivity index (χ0v) is 15.3. The van der Waals surface area contributed by atoms with Gasteiger partial charge >= 0.3 is 5.97 Å². The van der Waals surface area contributed by atoms with Crippen LogP contribution in [0, 0.1) is 5.92 Å². The van der Waals surface area contributed by atoms with Gasteiger partial charge < -0.3 is 20.5 Å². The van der Waals surface area contributed by atoms with Crippen LogP contribution >= 0.6 is 0 Å². The molecule has 0 bridgehead atoms. The first kappa shape index (κ1) is 18.6. The number of nitrogens with two attached hydrogens (primary N) is 1. The second kappa shape index (κ2) is 7.99. The quantitative estimate of drug-likeness (QED) is 0.767. The normalized spacial score (nSPS) is 18.6. The molecule has 1 aromatic carbocycles. The number of aliphatic hydroxyl groups is 1. The predicted octanol–water partition coefficient (Wildman–Crippen LogP) is 0.887. The number of esters is 1. The molecule has 7 nitrogen and oxygen atoms in total. The molecule has 140 valence electrons. The Morgan fingerprint density at radius 1 is 1.31 bits per heavy atom. The number of anilines is 1. The number of ether oxygens (including phenoxy) is 1. The van der Waals surface area contributed by atoms with Gasteiger partial charge in [0.25, 0.3) is 0 Å². The lowest BCUT2D eigenvalue weighted by Crippen LogP contribution is -2.48. The highest BCUT2D eigenvalue weighted by molar-refractivity contribution is 5.90. The maximum atomic E-state index is 12.3. The van der Waals surface area contributed by atoms with Gasteiger partial charge in [-0.05, 0) is 19.2 Å². The van der Waals surface area contributed by atoms with E-state index in [-0.39, 0.29) is 0 Å². The highest BCUT2D eigenvalue weighted by atomic mass is 16.5. The fourth-order valence-electron chi connectivity index (χ4n) is 3.34. The summed E-state index contributed by atoms with van der Waals surface area (Å²) in [5.41, 5.74) is 7.75. The molecule has 0 amide bonds. The Labute approximate surface area is 153 Å². The zero-order chi connectivity index (χ0) is 18.7. The summed E-state index contributed by atoms with van der Waals surface area (Å²) in [6.45, 7) is 4.00. The number of fused-ring (bicyclic) bond motifs is 1. The van der Waals surface area contributed by atoms with E-state index >= 15 is 0 Å². The van der Waals surface area contributed by atoms with Gasteiger partial charge in [-0.15, -0.1) is 0 Å². The van der Waals surface area contributed by atoms with Gasteiger partial charge in [-0.2, -0.15) is 0 Å². The number of nitrogen functional groups attached to an aromatic ring is 1. The summed E-state index contributed by atoms with van der Waals surface area (Å²) in [5.74, 6) is -1.15. The molecule has 2 atom stereocenters. The Kier molecular flexibility index (Phi) is 5.70. The Hall–Kier alpha value is -2.22. The van der Waals surface area contributed by atoms with Crippen LogP contribution < -0.4 is 5.73 Å². The van der Waals surface area contributed by atoms with E-state index in [2.05, 4.69) is 21.8 Å². The standard InChI is InChI=1S/C19H26N4O3/c1-22-7-9-23(10-8-22)12-14(19(25)26-2)18(24)17-11-15(20)13-5-3-4-6-16(13)21-17/h3-6,11,14,18,24H,7-10,12H2,1-2H3,(H2,20,21). The summed E-state index contributed by atoms with van der Waals surface area (Å²) in [7, 11) is 3.42. The van der Waals surface area contributed by atoms with E-state index in [4.69, 9.17) is 10.5 Å². The van der Waals surface area contributed by atoms with Gasteiger partial charge in [-0.3, -0.25) is 9.69 Å². The molecule has 0 aliphatic carbocycles. The predicted molar refractivity (Wildman–Crippen MR) is 101 cm³/mol. The van der Waals surface area contributed by atoms with Crippen molar-refractivity contribution in [3.05, 3.63) is 36.0 Å². The van der Waals surface area contributed by atoms with Crippen molar-refractivity contribution < 1.29 is 14.6 Å². The van der Waals surface area contributed by atoms with Crippen LogP contribution in [0.4, 0.5) is 5.69 Å². The molecular formula is C19H26N4O3. The lowest BCUT2D eigenvalue weighted by atomic mass is 9.97. The molecule has 1 saturated heterocycles. The Balaban J connectivity index is 1.85. The highest BCUT2D eigenvalue weighted by Gasteiger charge is 2.33. The van der Waals surface area contributed by atoms with Gasteiger partial charge in [0.1, 0.15) is 12.0 Å². The van der Waals surface area contributed by atoms with Crippen LogP contribution in [0.1, 0.15) is 11.8 Å². The number of para-hydroxylation sites is 1. The van der Waals surface area contributed by atoms with Crippen molar-refractivity contribution in [1.82, 2.24) is 14.8 Å². The highest BCUT2D eigenvalue weighted by Crippen LogP contribution is 2.28. The van der Waals surface area contributed by atoms with Crippen LogP contribution in [0.2, 0.25) is 0 Å². The number of piperazine rings is 1. The first-order valence-electron chi connectivity index (χ1n) is 8.81. The SMILES string of the molecule is COC(=O)C(CN1CCN(C)CC1)C(O)c1cc(N)c2ccccc2n1. The fraction of sp³-hybridized carbons (Fsp3) is 0.474. The molecule has 2 unspecified atom stereocenters. The van der Waals surface area contributed by atoms with Crippen LogP contribution in [0.25, 0.3) is 10.9 Å². The molecule has 1 fully saturated rings. The van der Waals surface area contributed by atoms with Crippen molar-refractivity contribution in [2.75, 3.05) is 52.6 Å². The third-order valence-electron chi connectivity index (χ3n) is 5.01. The maximum Gasteiger partial charge on any atom is 0.313 e. The molecule has 2 heterocycles. The Bertz CT molecular complexity index is 774. The molecule has 3 rings (SSSR count). The molecule has 3 N–H and O–H groups in total. The lowest BCUT2D eigenvalue weighted by molar-refractivity contribution is -0.151. The molecule has 2 aromatic rings. The van der Waals surface area contributed by atoms with Crippen molar-refractivity contribution in [2.24, 2.45) is 5.92 Å². The Morgan fingerprint density at radius 3 is 2.69 bits per heavy atom. The number of aliphatic hydroxyl groups excluding tert-OH is 1. The van der Waals surface area contributed by atoms with Crippen LogP contribution in [0.15, 0.2) is 30.3 Å². The van der Waals surface area contributed by atoms with Crippen molar-refractivity contribution in [1.29, 1.82) is 0 Å². The summed E-state index contributed by atoms with van der Waals surface area (Å²) in [6, 6.07) is 9.13. The molecule has 0 radical (unpaired) electrons. The summed E-state index contributed by atoms with van der Waals surface area (Å²) in [6.07, 6.45) is -1.07. The number of nitrogens with zero attached hydrogens (tertiary/aromatic N) is 3. The third-order valence-corrected chi connectivity index (χ3v) is 5.01. The van der Waals surface area contributed by atoms with Gasteiger partial charge in [0, 0.05) is 43.8 Å². The number of hydrogen-bond acceptors (Lipinski definition) is 7. The number of likely N-dealkylation sites (N-methyl/N-ethyl adjacent to an activating group) is 1. The molecule has 0 saturated carbocycles. The molecule has 26 heavy (non-hydrogen) atoms. The second-order valence-electron chi connectivity index (χ2n) is 6.83. The largest absolute Gasteiger partial charge is 0.469 e. The number of hydrogen-bond donors (Lipinski definition) is 2. The van der Waals surface area contributed by atoms with E-state index < -0.39 is 18.0 Å². The molecule has 7 heteroatoms. The molecular weight excluding hydrogens is 332 g/mol. The number of rotatable bonds is 5. The summed E-state index contributed by atoms with van der Waals surface area (Å²) in [4.78, 5) is 21.3. The average molecular weight is 358 g/mol. The zero-order valence-electron chi connectivity index (χ0n) is 15.3. The number of benzene rings is 1. The van der Waals surface area contributed by atoms with E-state index in [1.54, 1.807) is 6.07 Å². The van der Waals surface area contributed by atoms with Crippen molar-refractivity contribution in [3.63, 3.8) is 0 Å². The first-order valence-corrected chi connectivity index (χ1v) is 8.81. The van der Waals surface area contributed by atoms with E-state index in [0.29, 0.717) is 23.4 Å². The van der Waals surface area contributed by atoms with E-state index in [1.165, 1.54) is 7.11 Å². The van der Waals surface area contributed by atoms with Crippen LogP contribution in [0.3, 0.4) is 0 Å². The molecule has 1 aromatic heterocycles. The van der Waals surface area contributed by atoms with Crippen LogP contribution in [0.5, 0.6) is 0 Å². The van der Waals surface area contributed by atoms with Gasteiger partial charge in [-0.25, -0.2) is 4.98 Å². The van der Waals surface area contributed by atoms with Gasteiger partial charge in [0.15, 0.2) is 0 Å². The van der Waals surface area contributed by atoms with Crippen LogP contribution in [-0.4, -0.2) is 72.7 Å². The second-order valence-corrected chi connectivity index (χ2v) is 6.83. The van der Waals surface area contributed by atoms with Gasteiger partial charge in [0.05, 0.1) is 18.3 Å². The summed E-state index contributed by atoms with van der Waals surface area (Å²) < 4.78 is 4.94. The van der Waals surface area contributed by atoms with Crippen molar-refractivity contribution in [2.45, 2.75) is 6.10 Å². The average Bonchev–Trinajstić information content (AvgIpc) is 2.66. The fourth-order valence-corrected chi connectivity index (χ4v) is 3.34. The number of methoxy groups -OCH3 is 1. The number of carbonyl (C=O) groups is 1. The smallest absolute Gasteiger partial charge is 0.313 e. The molecule has 1 aliphatic rings. The first-order chi connectivity index (χ1) is 12.5. The Morgan fingerprint density at radius 2 is 2.00 bits per heavy atom. The van der Waals surface area contributed by atoms with Gasteiger partial charge in [0.2, 0.25) is 0 Å². The topological polar surface area (TPSA) is 91.9 Å². The lowest BCUT2D eigenvalue weighted by Gasteiger charge is -2.35. The van der Waals surface area contributed by atoms with E-state index in [9.17, 15) is 9.90 Å². The van der Waals surface area contributed by atoms with Gasteiger partial charge in [-0.1, -0.05) is 18.2 Å². The monoisotopic (exact) mass is 358 g/mol. The number of aromatic nitrogens is 1. The molecule has 0 spiro atoms. The third kappa shape index (κ3) is 3.95. The molecule has 1 aliphatic heterocycles.